The molecule has 0 aromatic heterocycles. The number of hydrogen-bond acceptors (Lipinski definition) is 5. The number of amides is 1. The van der Waals surface area contributed by atoms with Crippen LogP contribution in [0.5, 0.6) is 0 Å². The molecule has 1 aliphatic carbocycles. The van der Waals surface area contributed by atoms with E-state index in [-0.39, 0.29) is 22.2 Å². The summed E-state index contributed by atoms with van der Waals surface area (Å²) in [5.74, 6) is -1.02. The molecule has 0 spiro atoms. The lowest BCUT2D eigenvalue weighted by Crippen LogP contribution is -2.31. The number of carbonyl (C=O) groups is 2. The third-order valence-electron chi connectivity index (χ3n) is 6.51. The lowest BCUT2D eigenvalue weighted by atomic mass is 9.76. The molecule has 1 heterocycles. The van der Waals surface area contributed by atoms with E-state index in [0.717, 1.165) is 46.8 Å². The van der Waals surface area contributed by atoms with Crippen molar-refractivity contribution in [1.82, 2.24) is 5.32 Å². The fourth-order valence-electron chi connectivity index (χ4n) is 4.57. The highest BCUT2D eigenvalue weighted by Crippen LogP contribution is 2.44. The molecule has 1 unspecified atom stereocenters. The van der Waals surface area contributed by atoms with E-state index in [1.807, 2.05) is 24.3 Å². The number of allylic oxidation sites excluding steroid dienone is 3. The zero-order valence-electron chi connectivity index (χ0n) is 20.7. The second-order valence-electron chi connectivity index (χ2n) is 9.43. The van der Waals surface area contributed by atoms with Gasteiger partial charge in [-0.15, -0.1) is 0 Å². The molecule has 1 atom stereocenters. The molecular weight excluding hydrogens is 535 g/mol. The molecule has 2 N–H and O–H groups in total. The number of dihydropyridines is 1. The Kier molecular flexibility index (Phi) is 8.24. The summed E-state index contributed by atoms with van der Waals surface area (Å²) >= 11 is 7.06. The largest absolute Gasteiger partial charge is 0.416 e. The molecule has 5 nitrogen and oxygen atoms in total. The van der Waals surface area contributed by atoms with Crippen LogP contribution in [0, 0.1) is 11.3 Å². The Labute approximate surface area is 228 Å². The van der Waals surface area contributed by atoms with Crippen molar-refractivity contribution in [2.75, 3.05) is 11.1 Å². The summed E-state index contributed by atoms with van der Waals surface area (Å²) in [6.45, 7) is 4.16. The minimum atomic E-state index is -4.58. The lowest BCUT2D eigenvalue weighted by Gasteiger charge is -2.33. The molecule has 2 aliphatic rings. The van der Waals surface area contributed by atoms with Crippen molar-refractivity contribution in [1.29, 1.82) is 5.26 Å². The van der Waals surface area contributed by atoms with Crippen molar-refractivity contribution in [3.63, 3.8) is 0 Å². The maximum Gasteiger partial charge on any atom is 0.416 e. The average Bonchev–Trinajstić information content (AvgIpc) is 2.87. The predicted octanol–water partition coefficient (Wildman–Crippen LogP) is 7.28. The summed E-state index contributed by atoms with van der Waals surface area (Å²) in [6, 6.07) is 12.8. The van der Waals surface area contributed by atoms with Crippen LogP contribution in [0.15, 0.2) is 64.3 Å². The minimum Gasteiger partial charge on any atom is -0.352 e. The maximum absolute atomic E-state index is 13.1. The number of alkyl halides is 3. The molecule has 2 aromatic rings. The second-order valence-corrected chi connectivity index (χ2v) is 10.8. The molecule has 1 aliphatic heterocycles. The van der Waals surface area contributed by atoms with E-state index in [2.05, 4.69) is 30.6 Å². The highest BCUT2D eigenvalue weighted by molar-refractivity contribution is 8.03. The quantitative estimate of drug-likeness (QED) is 0.388. The highest BCUT2D eigenvalue weighted by Gasteiger charge is 2.37. The van der Waals surface area contributed by atoms with Gasteiger partial charge in [-0.3, -0.25) is 9.59 Å². The normalized spacial score (nSPS) is 17.7. The minimum absolute atomic E-state index is 0.00887. The van der Waals surface area contributed by atoms with E-state index in [0.29, 0.717) is 41.4 Å². The van der Waals surface area contributed by atoms with Gasteiger partial charge in [0, 0.05) is 17.7 Å². The van der Waals surface area contributed by atoms with E-state index in [4.69, 9.17) is 11.6 Å². The van der Waals surface area contributed by atoms with E-state index < -0.39 is 23.6 Å². The smallest absolute Gasteiger partial charge is 0.352 e. The topological polar surface area (TPSA) is 82.0 Å². The number of ketones is 1. The number of Topliss-reactive ketones (excluding diaryl/α,β-unsaturated/α-hetero) is 1. The first-order chi connectivity index (χ1) is 18.0. The second kappa shape index (κ2) is 11.3. The van der Waals surface area contributed by atoms with Crippen LogP contribution < -0.4 is 10.6 Å². The Hall–Kier alpha value is -3.22. The molecule has 0 saturated heterocycles. The zero-order valence-corrected chi connectivity index (χ0v) is 22.3. The van der Waals surface area contributed by atoms with Crippen molar-refractivity contribution in [3.8, 4) is 6.07 Å². The standard InChI is InChI=1S/C28H25ClF3N3O2S/c1-15(2)16-6-8-17(9-7-16)25-19(13-33)27(35-21-4-3-5-23(36)26(21)25)38-14-24(37)34-22-12-18(28(30,31)32)10-11-20(22)29/h6-12,15,25,35H,3-5,14H2,1-2H3,(H,34,37). The van der Waals surface area contributed by atoms with E-state index >= 15 is 0 Å². The van der Waals surface area contributed by atoms with Crippen molar-refractivity contribution in [3.05, 3.63) is 86.0 Å². The molecule has 0 bridgehead atoms. The summed E-state index contributed by atoms with van der Waals surface area (Å²) in [4.78, 5) is 25.6. The summed E-state index contributed by atoms with van der Waals surface area (Å²) in [5.41, 5.74) is 2.51. The summed E-state index contributed by atoms with van der Waals surface area (Å²) in [6.07, 6.45) is -2.86. The van der Waals surface area contributed by atoms with Crippen LogP contribution >= 0.6 is 23.4 Å². The Morgan fingerprint density at radius 3 is 2.55 bits per heavy atom. The van der Waals surface area contributed by atoms with E-state index in [1.165, 1.54) is 0 Å². The average molecular weight is 560 g/mol. The molecule has 38 heavy (non-hydrogen) atoms. The maximum atomic E-state index is 13.1. The number of halogens is 4. The van der Waals surface area contributed by atoms with Gasteiger partial charge in [0.05, 0.1) is 44.6 Å². The Morgan fingerprint density at radius 2 is 1.92 bits per heavy atom. The van der Waals surface area contributed by atoms with Crippen molar-refractivity contribution in [2.24, 2.45) is 0 Å². The van der Waals surface area contributed by atoms with Crippen LogP contribution in [0.1, 0.15) is 61.6 Å². The molecular formula is C28H25ClF3N3O2S. The van der Waals surface area contributed by atoms with Gasteiger partial charge in [-0.1, -0.05) is 61.5 Å². The Morgan fingerprint density at radius 1 is 1.21 bits per heavy atom. The number of thioether (sulfide) groups is 1. The van der Waals surface area contributed by atoms with Gasteiger partial charge in [0.2, 0.25) is 5.91 Å². The van der Waals surface area contributed by atoms with Gasteiger partial charge in [0.15, 0.2) is 5.78 Å². The van der Waals surface area contributed by atoms with Crippen LogP contribution in [0.3, 0.4) is 0 Å². The van der Waals surface area contributed by atoms with Gasteiger partial charge in [-0.2, -0.15) is 18.4 Å². The third-order valence-corrected chi connectivity index (χ3v) is 7.86. The number of hydrogen-bond donors (Lipinski definition) is 2. The molecule has 0 saturated carbocycles. The van der Waals surface area contributed by atoms with Gasteiger partial charge in [-0.05, 0) is 48.1 Å². The summed E-state index contributed by atoms with van der Waals surface area (Å²) < 4.78 is 39.2. The number of benzene rings is 2. The lowest BCUT2D eigenvalue weighted by molar-refractivity contribution is -0.137. The number of nitriles is 1. The van der Waals surface area contributed by atoms with Crippen LogP contribution in [0.2, 0.25) is 5.02 Å². The van der Waals surface area contributed by atoms with Crippen LogP contribution in [-0.2, 0) is 15.8 Å². The summed E-state index contributed by atoms with van der Waals surface area (Å²) in [7, 11) is 0. The predicted molar refractivity (Wildman–Crippen MR) is 142 cm³/mol. The third kappa shape index (κ3) is 5.92. The van der Waals surface area contributed by atoms with Gasteiger partial charge in [0.25, 0.3) is 0 Å². The van der Waals surface area contributed by atoms with Crippen LogP contribution in [-0.4, -0.2) is 17.4 Å². The number of rotatable bonds is 6. The number of carbonyl (C=O) groups excluding carboxylic acids is 2. The molecule has 0 fully saturated rings. The number of nitrogens with zero attached hydrogens (tertiary/aromatic N) is 1. The molecule has 4 rings (SSSR count). The van der Waals surface area contributed by atoms with Crippen molar-refractivity contribution >= 4 is 40.7 Å². The molecule has 2 aromatic carbocycles. The Balaban J connectivity index is 1.60. The van der Waals surface area contributed by atoms with E-state index in [1.54, 1.807) is 0 Å². The summed E-state index contributed by atoms with van der Waals surface area (Å²) in [5, 5.41) is 16.2. The first-order valence-electron chi connectivity index (χ1n) is 12.1. The molecule has 198 valence electrons. The van der Waals surface area contributed by atoms with Crippen LogP contribution in [0.25, 0.3) is 0 Å². The molecule has 10 heteroatoms. The van der Waals surface area contributed by atoms with Crippen molar-refractivity contribution < 1.29 is 22.8 Å². The first-order valence-corrected chi connectivity index (χ1v) is 13.4. The SMILES string of the molecule is CC(C)c1ccc(C2C(C#N)=C(SCC(=O)Nc3cc(C(F)(F)F)ccc3Cl)NC3=C2C(=O)CCC3)cc1. The number of nitrogens with one attached hydrogen (secondary N) is 2. The van der Waals surface area contributed by atoms with Crippen LogP contribution in [0.4, 0.5) is 18.9 Å². The monoisotopic (exact) mass is 559 g/mol. The van der Waals surface area contributed by atoms with E-state index in [9.17, 15) is 28.0 Å². The van der Waals surface area contributed by atoms with Gasteiger partial charge < -0.3 is 10.6 Å². The Bertz CT molecular complexity index is 1380. The van der Waals surface area contributed by atoms with Gasteiger partial charge >= 0.3 is 6.18 Å². The van der Waals surface area contributed by atoms with Gasteiger partial charge in [-0.25, -0.2) is 0 Å². The molecule has 0 radical (unpaired) electrons. The van der Waals surface area contributed by atoms with Gasteiger partial charge in [0.1, 0.15) is 0 Å². The molecule has 1 amide bonds. The van der Waals surface area contributed by atoms with Crippen molar-refractivity contribution in [2.45, 2.75) is 51.1 Å². The fourth-order valence-corrected chi connectivity index (χ4v) is 5.59. The highest BCUT2D eigenvalue weighted by atomic mass is 35.5. The fraction of sp³-hybridized carbons (Fsp3) is 0.321. The zero-order chi connectivity index (χ0) is 27.6. The number of anilines is 1. The first kappa shape index (κ1) is 27.8.